The molecular formula is C18H14ClNO4. The van der Waals surface area contributed by atoms with Gasteiger partial charge in [0.1, 0.15) is 0 Å². The van der Waals surface area contributed by atoms with Crippen molar-refractivity contribution in [2.24, 2.45) is 5.92 Å². The molecule has 2 heterocycles. The third kappa shape index (κ3) is 2.51. The van der Waals surface area contributed by atoms with Crippen LogP contribution >= 0.6 is 11.6 Å². The first-order valence-electron chi connectivity index (χ1n) is 7.63. The summed E-state index contributed by atoms with van der Waals surface area (Å²) in [6, 6.07) is 12.4. The molecule has 2 aromatic carbocycles. The van der Waals surface area contributed by atoms with Crippen molar-refractivity contribution in [2.45, 2.75) is 12.8 Å². The summed E-state index contributed by atoms with van der Waals surface area (Å²) < 4.78 is 10.6. The van der Waals surface area contributed by atoms with Gasteiger partial charge in [-0.3, -0.25) is 14.5 Å². The van der Waals surface area contributed by atoms with E-state index in [2.05, 4.69) is 0 Å². The van der Waals surface area contributed by atoms with Gasteiger partial charge in [-0.2, -0.15) is 0 Å². The molecule has 1 fully saturated rings. The van der Waals surface area contributed by atoms with Crippen LogP contribution in [0, 0.1) is 5.92 Å². The second-order valence-electron chi connectivity index (χ2n) is 5.80. The summed E-state index contributed by atoms with van der Waals surface area (Å²) in [7, 11) is 0. The van der Waals surface area contributed by atoms with Crippen molar-refractivity contribution < 1.29 is 19.1 Å². The molecule has 2 aliphatic rings. The van der Waals surface area contributed by atoms with Gasteiger partial charge in [-0.05, 0) is 30.2 Å². The first-order valence-corrected chi connectivity index (χ1v) is 8.01. The van der Waals surface area contributed by atoms with E-state index in [4.69, 9.17) is 21.1 Å². The number of hydrogen-bond donors (Lipinski definition) is 0. The highest BCUT2D eigenvalue weighted by molar-refractivity contribution is 6.31. The first kappa shape index (κ1) is 15.0. The molecule has 0 aromatic heterocycles. The zero-order valence-corrected chi connectivity index (χ0v) is 13.5. The van der Waals surface area contributed by atoms with Gasteiger partial charge >= 0.3 is 0 Å². The highest BCUT2D eigenvalue weighted by Gasteiger charge is 2.40. The summed E-state index contributed by atoms with van der Waals surface area (Å²) in [5.74, 6) is 0.339. The average molecular weight is 344 g/mol. The normalized spacial score (nSPS) is 19.2. The van der Waals surface area contributed by atoms with E-state index in [0.717, 1.165) is 5.56 Å². The maximum Gasteiger partial charge on any atom is 0.237 e. The van der Waals surface area contributed by atoms with Gasteiger partial charge in [0.05, 0.1) is 11.6 Å². The molecule has 122 valence electrons. The number of halogens is 1. The summed E-state index contributed by atoms with van der Waals surface area (Å²) in [5.41, 5.74) is 1.38. The third-order valence-corrected chi connectivity index (χ3v) is 4.65. The predicted octanol–water partition coefficient (Wildman–Crippen LogP) is 3.19. The van der Waals surface area contributed by atoms with Crippen molar-refractivity contribution in [3.63, 3.8) is 0 Å². The van der Waals surface area contributed by atoms with Crippen LogP contribution in [-0.2, 0) is 16.0 Å². The van der Waals surface area contributed by atoms with Crippen LogP contribution in [0.15, 0.2) is 42.5 Å². The number of ether oxygens (including phenoxy) is 2. The fraction of sp³-hybridized carbons (Fsp3) is 0.222. The van der Waals surface area contributed by atoms with Crippen LogP contribution < -0.4 is 14.4 Å². The van der Waals surface area contributed by atoms with Crippen LogP contribution in [0.4, 0.5) is 5.69 Å². The van der Waals surface area contributed by atoms with Crippen LogP contribution in [0.25, 0.3) is 0 Å². The molecule has 0 bridgehead atoms. The van der Waals surface area contributed by atoms with Gasteiger partial charge in [-0.1, -0.05) is 29.8 Å². The van der Waals surface area contributed by atoms with Gasteiger partial charge in [-0.25, -0.2) is 0 Å². The lowest BCUT2D eigenvalue weighted by Crippen LogP contribution is -2.30. The minimum absolute atomic E-state index is 0.149. The SMILES string of the molecule is O=C1CC(Cc2ccccc2Cl)C(=O)N1c1ccc2c(c1)OCO2. The number of amides is 2. The van der Waals surface area contributed by atoms with Crippen molar-refractivity contribution in [3.8, 4) is 11.5 Å². The minimum atomic E-state index is -0.400. The molecule has 1 unspecified atom stereocenters. The fourth-order valence-corrected chi connectivity index (χ4v) is 3.29. The molecule has 0 aliphatic carbocycles. The summed E-state index contributed by atoms with van der Waals surface area (Å²) in [6.45, 7) is 0.149. The fourth-order valence-electron chi connectivity index (χ4n) is 3.08. The summed E-state index contributed by atoms with van der Waals surface area (Å²) in [6.07, 6.45) is 0.629. The van der Waals surface area contributed by atoms with Gasteiger partial charge in [0.25, 0.3) is 0 Å². The highest BCUT2D eigenvalue weighted by atomic mass is 35.5. The second kappa shape index (κ2) is 5.83. The first-order chi connectivity index (χ1) is 11.6. The number of imide groups is 1. The maximum absolute atomic E-state index is 12.7. The van der Waals surface area contributed by atoms with E-state index in [1.165, 1.54) is 4.90 Å². The van der Waals surface area contributed by atoms with E-state index in [-0.39, 0.29) is 25.0 Å². The van der Waals surface area contributed by atoms with E-state index in [9.17, 15) is 9.59 Å². The Kier molecular flexibility index (Phi) is 3.65. The van der Waals surface area contributed by atoms with Crippen LogP contribution in [0.3, 0.4) is 0 Å². The molecule has 5 nitrogen and oxygen atoms in total. The molecule has 2 aromatic rings. The minimum Gasteiger partial charge on any atom is -0.454 e. The monoisotopic (exact) mass is 343 g/mol. The van der Waals surface area contributed by atoms with E-state index < -0.39 is 5.92 Å². The number of nitrogens with zero attached hydrogens (tertiary/aromatic N) is 1. The summed E-state index contributed by atoms with van der Waals surface area (Å²) >= 11 is 6.16. The summed E-state index contributed by atoms with van der Waals surface area (Å²) in [5, 5.41) is 0.610. The number of carbonyl (C=O) groups excluding carboxylic acids is 2. The van der Waals surface area contributed by atoms with E-state index in [0.29, 0.717) is 28.6 Å². The predicted molar refractivity (Wildman–Crippen MR) is 88.3 cm³/mol. The Labute approximate surface area is 143 Å². The van der Waals surface area contributed by atoms with Gasteiger partial charge in [-0.15, -0.1) is 0 Å². The maximum atomic E-state index is 12.7. The molecule has 0 radical (unpaired) electrons. The zero-order chi connectivity index (χ0) is 16.7. The quantitative estimate of drug-likeness (QED) is 0.803. The molecule has 0 spiro atoms. The topological polar surface area (TPSA) is 55.8 Å². The van der Waals surface area contributed by atoms with Crippen LogP contribution in [0.1, 0.15) is 12.0 Å². The van der Waals surface area contributed by atoms with Crippen molar-refractivity contribution in [3.05, 3.63) is 53.1 Å². The van der Waals surface area contributed by atoms with Gasteiger partial charge in [0.2, 0.25) is 18.6 Å². The molecule has 2 amide bonds. The molecule has 4 rings (SSSR count). The van der Waals surface area contributed by atoms with Crippen LogP contribution in [0.5, 0.6) is 11.5 Å². The Morgan fingerprint density at radius 2 is 1.88 bits per heavy atom. The van der Waals surface area contributed by atoms with Crippen molar-refractivity contribution in [1.29, 1.82) is 0 Å². The molecule has 2 aliphatic heterocycles. The Bertz CT molecular complexity index is 836. The second-order valence-corrected chi connectivity index (χ2v) is 6.21. The lowest BCUT2D eigenvalue weighted by Gasteiger charge is -2.15. The molecule has 1 saturated heterocycles. The third-order valence-electron chi connectivity index (χ3n) is 4.28. The van der Waals surface area contributed by atoms with Crippen molar-refractivity contribution >= 4 is 29.1 Å². The zero-order valence-electron chi connectivity index (χ0n) is 12.7. The number of carbonyl (C=O) groups is 2. The lowest BCUT2D eigenvalue weighted by molar-refractivity contribution is -0.122. The van der Waals surface area contributed by atoms with E-state index >= 15 is 0 Å². The lowest BCUT2D eigenvalue weighted by atomic mass is 9.98. The van der Waals surface area contributed by atoms with Gasteiger partial charge in [0.15, 0.2) is 11.5 Å². The summed E-state index contributed by atoms with van der Waals surface area (Å²) in [4.78, 5) is 26.3. The molecule has 0 saturated carbocycles. The molecule has 0 N–H and O–H groups in total. The number of anilines is 1. The average Bonchev–Trinajstić information content (AvgIpc) is 3.14. The molecule has 1 atom stereocenters. The van der Waals surface area contributed by atoms with Crippen molar-refractivity contribution in [2.75, 3.05) is 11.7 Å². The smallest absolute Gasteiger partial charge is 0.237 e. The van der Waals surface area contributed by atoms with Crippen molar-refractivity contribution in [1.82, 2.24) is 0 Å². The Morgan fingerprint density at radius 1 is 1.08 bits per heavy atom. The van der Waals surface area contributed by atoms with Crippen LogP contribution in [-0.4, -0.2) is 18.6 Å². The van der Waals surface area contributed by atoms with Crippen LogP contribution in [0.2, 0.25) is 5.02 Å². The number of hydrogen-bond acceptors (Lipinski definition) is 4. The Balaban J connectivity index is 1.59. The molecular weight excluding hydrogens is 330 g/mol. The van der Waals surface area contributed by atoms with Gasteiger partial charge in [0, 0.05) is 17.5 Å². The Hall–Kier alpha value is -2.53. The number of fused-ring (bicyclic) bond motifs is 1. The molecule has 6 heteroatoms. The molecule has 24 heavy (non-hydrogen) atoms. The largest absolute Gasteiger partial charge is 0.454 e. The number of benzene rings is 2. The van der Waals surface area contributed by atoms with E-state index in [1.807, 2.05) is 18.2 Å². The number of rotatable bonds is 3. The standard InChI is InChI=1S/C18H14ClNO4/c19-14-4-2-1-3-11(14)7-12-8-17(21)20(18(12)22)13-5-6-15-16(9-13)24-10-23-15/h1-6,9,12H,7-8,10H2. The Morgan fingerprint density at radius 3 is 2.71 bits per heavy atom. The van der Waals surface area contributed by atoms with Gasteiger partial charge < -0.3 is 9.47 Å². The van der Waals surface area contributed by atoms with E-state index in [1.54, 1.807) is 24.3 Å². The highest BCUT2D eigenvalue weighted by Crippen LogP contribution is 2.38.